The molecule has 2 heterocycles. The maximum Gasteiger partial charge on any atom is 0.352 e. The molecule has 4 nitrogen and oxygen atoms in total. The van der Waals surface area contributed by atoms with Crippen LogP contribution in [0.3, 0.4) is 0 Å². The second-order valence-corrected chi connectivity index (χ2v) is 5.45. The summed E-state index contributed by atoms with van der Waals surface area (Å²) in [5, 5.41) is 12.5. The van der Waals surface area contributed by atoms with Crippen molar-refractivity contribution in [3.8, 4) is 0 Å². The molecule has 104 valence electrons. The number of aromatic amines is 2. The van der Waals surface area contributed by atoms with Crippen molar-refractivity contribution >= 4 is 38.7 Å². The first-order valence-corrected chi connectivity index (χ1v) is 6.83. The minimum absolute atomic E-state index is 0.269. The van der Waals surface area contributed by atoms with Crippen LogP contribution in [-0.2, 0) is 0 Å². The Balaban J connectivity index is 2.24. The Bertz CT molecular complexity index is 1040. The fraction of sp³-hybridized carbons (Fsp3) is 0.118. The highest BCUT2D eigenvalue weighted by molar-refractivity contribution is 6.14. The van der Waals surface area contributed by atoms with Gasteiger partial charge in [0, 0.05) is 27.2 Å². The Kier molecular flexibility index (Phi) is 2.22. The third-order valence-corrected chi connectivity index (χ3v) is 4.28. The number of benzene rings is 2. The van der Waals surface area contributed by atoms with Crippen LogP contribution in [0.2, 0.25) is 0 Å². The van der Waals surface area contributed by atoms with E-state index in [1.807, 2.05) is 32.0 Å². The van der Waals surface area contributed by atoms with Gasteiger partial charge in [0.05, 0.1) is 5.52 Å². The molecule has 0 aliphatic heterocycles. The zero-order valence-corrected chi connectivity index (χ0v) is 11.7. The van der Waals surface area contributed by atoms with Crippen molar-refractivity contribution in [2.75, 3.05) is 0 Å². The van der Waals surface area contributed by atoms with E-state index in [4.69, 9.17) is 0 Å². The topological polar surface area (TPSA) is 68.9 Å². The molecular formula is C17H14N2O2. The second kappa shape index (κ2) is 3.88. The predicted octanol–water partition coefficient (Wildman–Crippen LogP) is 4.12. The summed E-state index contributed by atoms with van der Waals surface area (Å²) in [7, 11) is 0. The van der Waals surface area contributed by atoms with Gasteiger partial charge in [-0.1, -0.05) is 18.2 Å². The van der Waals surface area contributed by atoms with Crippen molar-refractivity contribution in [2.24, 2.45) is 0 Å². The van der Waals surface area contributed by atoms with E-state index >= 15 is 0 Å². The summed E-state index contributed by atoms with van der Waals surface area (Å²) in [5.41, 5.74) is 5.18. The van der Waals surface area contributed by atoms with Gasteiger partial charge in [-0.25, -0.2) is 4.79 Å². The first-order chi connectivity index (χ1) is 10.1. The number of para-hydroxylation sites is 1. The molecule has 21 heavy (non-hydrogen) atoms. The van der Waals surface area contributed by atoms with Gasteiger partial charge < -0.3 is 15.1 Å². The number of fused-ring (bicyclic) bond motifs is 4. The molecule has 0 saturated carbocycles. The van der Waals surface area contributed by atoms with Crippen molar-refractivity contribution in [1.29, 1.82) is 0 Å². The van der Waals surface area contributed by atoms with Gasteiger partial charge in [0.15, 0.2) is 0 Å². The Labute approximate surface area is 120 Å². The minimum Gasteiger partial charge on any atom is -0.477 e. The Morgan fingerprint density at radius 2 is 1.76 bits per heavy atom. The van der Waals surface area contributed by atoms with Crippen molar-refractivity contribution in [3.05, 3.63) is 47.2 Å². The van der Waals surface area contributed by atoms with Crippen molar-refractivity contribution < 1.29 is 9.90 Å². The number of aromatic nitrogens is 2. The maximum atomic E-state index is 11.3. The lowest BCUT2D eigenvalue weighted by Crippen LogP contribution is -1.98. The number of nitrogens with one attached hydrogen (secondary N) is 2. The highest BCUT2D eigenvalue weighted by Gasteiger charge is 2.18. The lowest BCUT2D eigenvalue weighted by atomic mass is 10.0. The van der Waals surface area contributed by atoms with E-state index in [1.165, 1.54) is 0 Å². The van der Waals surface area contributed by atoms with E-state index in [9.17, 15) is 9.90 Å². The minimum atomic E-state index is -0.920. The van der Waals surface area contributed by atoms with E-state index in [2.05, 4.69) is 22.1 Å². The molecule has 4 heteroatoms. The van der Waals surface area contributed by atoms with E-state index in [0.29, 0.717) is 0 Å². The predicted molar refractivity (Wildman–Crippen MR) is 84.1 cm³/mol. The van der Waals surface area contributed by atoms with Crippen LogP contribution in [0.1, 0.15) is 21.6 Å². The number of H-pyrrole nitrogens is 2. The zero-order chi connectivity index (χ0) is 14.7. The van der Waals surface area contributed by atoms with Gasteiger partial charge in [0.25, 0.3) is 0 Å². The molecule has 0 aliphatic rings. The Morgan fingerprint density at radius 1 is 1.00 bits per heavy atom. The third kappa shape index (κ3) is 1.47. The molecule has 0 spiro atoms. The molecule has 2 aromatic carbocycles. The van der Waals surface area contributed by atoms with Crippen LogP contribution in [0, 0.1) is 13.8 Å². The molecule has 4 rings (SSSR count). The van der Waals surface area contributed by atoms with Crippen LogP contribution in [0.15, 0.2) is 30.3 Å². The third-order valence-electron chi connectivity index (χ3n) is 4.28. The van der Waals surface area contributed by atoms with Gasteiger partial charge in [-0.05, 0) is 37.1 Å². The largest absolute Gasteiger partial charge is 0.477 e. The van der Waals surface area contributed by atoms with Crippen molar-refractivity contribution in [3.63, 3.8) is 0 Å². The average molecular weight is 278 g/mol. The lowest BCUT2D eigenvalue weighted by Gasteiger charge is -2.01. The lowest BCUT2D eigenvalue weighted by molar-refractivity contribution is 0.0691. The highest BCUT2D eigenvalue weighted by atomic mass is 16.4. The fourth-order valence-electron chi connectivity index (χ4n) is 3.30. The van der Waals surface area contributed by atoms with E-state index < -0.39 is 5.97 Å². The molecule has 2 aromatic heterocycles. The summed E-state index contributed by atoms with van der Waals surface area (Å²) < 4.78 is 0. The van der Waals surface area contributed by atoms with Crippen LogP contribution in [0.4, 0.5) is 0 Å². The number of aromatic carboxylic acids is 1. The van der Waals surface area contributed by atoms with Crippen LogP contribution >= 0.6 is 0 Å². The van der Waals surface area contributed by atoms with Gasteiger partial charge >= 0.3 is 5.97 Å². The number of carbonyl (C=O) groups is 1. The average Bonchev–Trinajstić information content (AvgIpc) is 2.99. The van der Waals surface area contributed by atoms with Gasteiger partial charge in [0.2, 0.25) is 0 Å². The smallest absolute Gasteiger partial charge is 0.352 e. The molecular weight excluding hydrogens is 264 g/mol. The summed E-state index contributed by atoms with van der Waals surface area (Å²) in [5.74, 6) is -0.920. The second-order valence-electron chi connectivity index (χ2n) is 5.45. The van der Waals surface area contributed by atoms with Crippen LogP contribution < -0.4 is 0 Å². The molecule has 3 N–H and O–H groups in total. The molecule has 0 aliphatic carbocycles. The first-order valence-electron chi connectivity index (χ1n) is 6.83. The number of carboxylic acids is 1. The standard InChI is InChI=1S/C17H14N2O2/c1-8-14-9(2)16(17(20)21)19-13(14)7-11-10-5-3-4-6-12(10)18-15(8)11/h3-7,18-19H,1-2H3,(H,20,21). The molecule has 4 aromatic rings. The number of carboxylic acid groups (broad SMARTS) is 1. The molecule has 0 bridgehead atoms. The van der Waals surface area contributed by atoms with E-state index in [1.54, 1.807) is 0 Å². The fourth-order valence-corrected chi connectivity index (χ4v) is 3.30. The maximum absolute atomic E-state index is 11.3. The van der Waals surface area contributed by atoms with Gasteiger partial charge in [-0.15, -0.1) is 0 Å². The molecule has 0 saturated heterocycles. The van der Waals surface area contributed by atoms with E-state index in [-0.39, 0.29) is 5.69 Å². The number of rotatable bonds is 1. The monoisotopic (exact) mass is 278 g/mol. The summed E-state index contributed by atoms with van der Waals surface area (Å²) >= 11 is 0. The van der Waals surface area contributed by atoms with Gasteiger partial charge in [-0.3, -0.25) is 0 Å². The molecule has 0 radical (unpaired) electrons. The summed E-state index contributed by atoms with van der Waals surface area (Å²) in [6, 6.07) is 10.2. The normalized spacial score (nSPS) is 11.7. The van der Waals surface area contributed by atoms with E-state index in [0.717, 1.165) is 43.8 Å². The van der Waals surface area contributed by atoms with Crippen LogP contribution in [0.5, 0.6) is 0 Å². The van der Waals surface area contributed by atoms with Crippen molar-refractivity contribution in [1.82, 2.24) is 9.97 Å². The summed E-state index contributed by atoms with van der Waals surface area (Å²) in [4.78, 5) is 17.8. The molecule has 0 amide bonds. The molecule has 0 unspecified atom stereocenters. The summed E-state index contributed by atoms with van der Waals surface area (Å²) in [6.07, 6.45) is 0. The van der Waals surface area contributed by atoms with Crippen LogP contribution in [0.25, 0.3) is 32.7 Å². The summed E-state index contributed by atoms with van der Waals surface area (Å²) in [6.45, 7) is 3.89. The zero-order valence-electron chi connectivity index (χ0n) is 11.7. The molecule has 0 atom stereocenters. The number of hydrogen-bond donors (Lipinski definition) is 3. The SMILES string of the molecule is Cc1c(C(=O)O)[nH]c2cc3c([nH]c4ccccc43)c(C)c12. The first kappa shape index (κ1) is 12.0. The highest BCUT2D eigenvalue weighted by Crippen LogP contribution is 2.35. The number of aryl methyl sites for hydroxylation is 2. The van der Waals surface area contributed by atoms with Crippen LogP contribution in [-0.4, -0.2) is 21.0 Å². The van der Waals surface area contributed by atoms with Gasteiger partial charge in [0.1, 0.15) is 5.69 Å². The van der Waals surface area contributed by atoms with Crippen molar-refractivity contribution in [2.45, 2.75) is 13.8 Å². The molecule has 0 fully saturated rings. The Morgan fingerprint density at radius 3 is 2.52 bits per heavy atom. The number of hydrogen-bond acceptors (Lipinski definition) is 1. The van der Waals surface area contributed by atoms with Gasteiger partial charge in [-0.2, -0.15) is 0 Å². The Hall–Kier alpha value is -2.75. The quantitative estimate of drug-likeness (QED) is 0.490.